The molecule has 2 aromatic rings. The number of aliphatic hydroxyl groups is 1. The largest absolute Gasteiger partial charge is 0.392 e. The van der Waals surface area contributed by atoms with Gasteiger partial charge in [-0.15, -0.1) is 0 Å². The molecule has 0 saturated carbocycles. The second kappa shape index (κ2) is 4.63. The van der Waals surface area contributed by atoms with Crippen molar-refractivity contribution in [1.29, 1.82) is 0 Å². The minimum Gasteiger partial charge on any atom is -0.392 e. The zero-order chi connectivity index (χ0) is 11.5. The Kier molecular flexibility index (Phi) is 3.22. The van der Waals surface area contributed by atoms with E-state index < -0.39 is 0 Å². The third kappa shape index (κ3) is 2.23. The lowest BCUT2D eigenvalue weighted by Gasteiger charge is -2.14. The normalized spacial score (nSPS) is 15.2. The molecule has 4 heteroatoms. The van der Waals surface area contributed by atoms with E-state index in [0.717, 1.165) is 11.0 Å². The summed E-state index contributed by atoms with van der Waals surface area (Å²) in [7, 11) is 0. The van der Waals surface area contributed by atoms with E-state index in [2.05, 4.69) is 28.3 Å². The highest BCUT2D eigenvalue weighted by Gasteiger charge is 2.11. The predicted octanol–water partition coefficient (Wildman–Crippen LogP) is 1.59. The highest BCUT2D eigenvalue weighted by molar-refractivity contribution is 5.79. The van der Waals surface area contributed by atoms with Crippen molar-refractivity contribution in [2.45, 2.75) is 26.0 Å². The Bertz CT molecular complexity index is 464. The molecule has 2 heterocycles. The van der Waals surface area contributed by atoms with Gasteiger partial charge in [0.25, 0.3) is 0 Å². The van der Waals surface area contributed by atoms with Gasteiger partial charge in [0.1, 0.15) is 5.65 Å². The van der Waals surface area contributed by atoms with Gasteiger partial charge in [0.2, 0.25) is 0 Å². The van der Waals surface area contributed by atoms with Gasteiger partial charge in [0.15, 0.2) is 0 Å². The van der Waals surface area contributed by atoms with Crippen LogP contribution in [0.3, 0.4) is 0 Å². The zero-order valence-corrected chi connectivity index (χ0v) is 9.57. The summed E-state index contributed by atoms with van der Waals surface area (Å²) in [5.74, 6) is 0. The summed E-state index contributed by atoms with van der Waals surface area (Å²) in [4.78, 5) is 7.39. The molecule has 0 aliphatic rings. The maximum Gasteiger partial charge on any atom is 0.137 e. The summed E-state index contributed by atoms with van der Waals surface area (Å²) < 4.78 is 0. The number of hydrogen-bond acceptors (Lipinski definition) is 3. The molecule has 0 aliphatic carbocycles. The standard InChI is InChI=1S/C12H17N3O/c1-8(16)6-14-9(2)11-7-15-12-10(11)4-3-5-13-12/h3-5,7-9,14,16H,6H2,1-2H3,(H,13,15)/t8-,9?/m0/s1. The molecule has 4 nitrogen and oxygen atoms in total. The van der Waals surface area contributed by atoms with E-state index in [4.69, 9.17) is 0 Å². The van der Waals surface area contributed by atoms with Crippen LogP contribution in [0.1, 0.15) is 25.5 Å². The summed E-state index contributed by atoms with van der Waals surface area (Å²) in [6.45, 7) is 4.45. The topological polar surface area (TPSA) is 60.9 Å². The van der Waals surface area contributed by atoms with Gasteiger partial charge in [-0.05, 0) is 31.5 Å². The van der Waals surface area contributed by atoms with Crippen LogP contribution < -0.4 is 5.32 Å². The van der Waals surface area contributed by atoms with Gasteiger partial charge in [0, 0.05) is 30.4 Å². The highest BCUT2D eigenvalue weighted by atomic mass is 16.3. The van der Waals surface area contributed by atoms with Crippen molar-refractivity contribution in [2.75, 3.05) is 6.54 Å². The first-order chi connectivity index (χ1) is 7.68. The Morgan fingerprint density at radius 1 is 1.50 bits per heavy atom. The quantitative estimate of drug-likeness (QED) is 0.732. The molecule has 0 aliphatic heterocycles. The summed E-state index contributed by atoms with van der Waals surface area (Å²) >= 11 is 0. The molecule has 0 amide bonds. The van der Waals surface area contributed by atoms with Gasteiger partial charge in [-0.25, -0.2) is 4.98 Å². The van der Waals surface area contributed by atoms with E-state index in [-0.39, 0.29) is 12.1 Å². The number of pyridine rings is 1. The second-order valence-corrected chi connectivity index (χ2v) is 4.12. The monoisotopic (exact) mass is 219 g/mol. The number of hydrogen-bond donors (Lipinski definition) is 3. The third-order valence-corrected chi connectivity index (χ3v) is 2.67. The van der Waals surface area contributed by atoms with E-state index in [1.807, 2.05) is 12.3 Å². The average Bonchev–Trinajstić information content (AvgIpc) is 2.69. The maximum absolute atomic E-state index is 9.23. The van der Waals surface area contributed by atoms with Crippen LogP contribution in [0.5, 0.6) is 0 Å². The van der Waals surface area contributed by atoms with Crippen molar-refractivity contribution in [3.05, 3.63) is 30.1 Å². The first-order valence-electron chi connectivity index (χ1n) is 5.52. The molecule has 0 saturated heterocycles. The van der Waals surface area contributed by atoms with Crippen molar-refractivity contribution < 1.29 is 5.11 Å². The van der Waals surface area contributed by atoms with Crippen LogP contribution in [0, 0.1) is 0 Å². The molecule has 3 N–H and O–H groups in total. The number of nitrogens with zero attached hydrogens (tertiary/aromatic N) is 1. The first-order valence-corrected chi connectivity index (χ1v) is 5.52. The fourth-order valence-electron chi connectivity index (χ4n) is 1.79. The lowest BCUT2D eigenvalue weighted by atomic mass is 10.1. The molecular weight excluding hydrogens is 202 g/mol. The molecule has 0 fully saturated rings. The Morgan fingerprint density at radius 2 is 2.31 bits per heavy atom. The van der Waals surface area contributed by atoms with Crippen LogP contribution in [0.2, 0.25) is 0 Å². The number of aromatic nitrogens is 2. The average molecular weight is 219 g/mol. The molecule has 2 aromatic heterocycles. The fraction of sp³-hybridized carbons (Fsp3) is 0.417. The van der Waals surface area contributed by atoms with Gasteiger partial charge in [-0.1, -0.05) is 0 Å². The Hall–Kier alpha value is -1.39. The minimum absolute atomic E-state index is 0.201. The molecule has 16 heavy (non-hydrogen) atoms. The molecule has 1 unspecified atom stereocenters. The van der Waals surface area contributed by atoms with Crippen LogP contribution in [-0.2, 0) is 0 Å². The fourth-order valence-corrected chi connectivity index (χ4v) is 1.79. The smallest absolute Gasteiger partial charge is 0.137 e. The Balaban J connectivity index is 2.19. The van der Waals surface area contributed by atoms with Crippen molar-refractivity contribution >= 4 is 11.0 Å². The molecule has 2 atom stereocenters. The molecule has 0 aromatic carbocycles. The Morgan fingerprint density at radius 3 is 3.06 bits per heavy atom. The predicted molar refractivity (Wildman–Crippen MR) is 64.2 cm³/mol. The van der Waals surface area contributed by atoms with Crippen LogP contribution in [0.25, 0.3) is 11.0 Å². The van der Waals surface area contributed by atoms with Crippen LogP contribution in [-0.4, -0.2) is 27.7 Å². The third-order valence-electron chi connectivity index (χ3n) is 2.67. The molecular formula is C12H17N3O. The lowest BCUT2D eigenvalue weighted by molar-refractivity contribution is 0.187. The van der Waals surface area contributed by atoms with Crippen molar-refractivity contribution in [3.63, 3.8) is 0 Å². The summed E-state index contributed by atoms with van der Waals surface area (Å²) in [6.07, 6.45) is 3.42. The van der Waals surface area contributed by atoms with Gasteiger partial charge in [-0.3, -0.25) is 0 Å². The van der Waals surface area contributed by atoms with Crippen molar-refractivity contribution in [1.82, 2.24) is 15.3 Å². The van der Waals surface area contributed by atoms with Crippen LogP contribution in [0.15, 0.2) is 24.5 Å². The molecule has 0 bridgehead atoms. The van der Waals surface area contributed by atoms with Gasteiger partial charge >= 0.3 is 0 Å². The van der Waals surface area contributed by atoms with Gasteiger partial charge in [-0.2, -0.15) is 0 Å². The van der Waals surface area contributed by atoms with E-state index in [1.165, 1.54) is 5.56 Å². The molecule has 86 valence electrons. The lowest BCUT2D eigenvalue weighted by Crippen LogP contribution is -2.26. The van der Waals surface area contributed by atoms with Gasteiger partial charge in [0.05, 0.1) is 6.10 Å². The summed E-state index contributed by atoms with van der Waals surface area (Å²) in [5.41, 5.74) is 2.09. The van der Waals surface area contributed by atoms with Crippen LogP contribution in [0.4, 0.5) is 0 Å². The first kappa shape index (κ1) is 11.1. The van der Waals surface area contributed by atoms with E-state index in [1.54, 1.807) is 13.1 Å². The zero-order valence-electron chi connectivity index (χ0n) is 9.57. The number of aliphatic hydroxyl groups excluding tert-OH is 1. The summed E-state index contributed by atoms with van der Waals surface area (Å²) in [6, 6.07) is 4.18. The SMILES string of the molecule is CC(NC[C@H](C)O)c1c[nH]c2ncccc12. The van der Waals surface area contributed by atoms with E-state index in [9.17, 15) is 5.11 Å². The Labute approximate surface area is 94.7 Å². The van der Waals surface area contributed by atoms with Crippen molar-refractivity contribution in [3.8, 4) is 0 Å². The van der Waals surface area contributed by atoms with Gasteiger partial charge < -0.3 is 15.4 Å². The minimum atomic E-state index is -0.328. The summed E-state index contributed by atoms with van der Waals surface area (Å²) in [5, 5.41) is 13.6. The number of aromatic amines is 1. The van der Waals surface area contributed by atoms with E-state index in [0.29, 0.717) is 6.54 Å². The van der Waals surface area contributed by atoms with Crippen LogP contribution >= 0.6 is 0 Å². The molecule has 2 rings (SSSR count). The number of rotatable bonds is 4. The number of nitrogens with one attached hydrogen (secondary N) is 2. The molecule has 0 radical (unpaired) electrons. The van der Waals surface area contributed by atoms with E-state index >= 15 is 0 Å². The highest BCUT2D eigenvalue weighted by Crippen LogP contribution is 2.22. The maximum atomic E-state index is 9.23. The second-order valence-electron chi connectivity index (χ2n) is 4.12. The van der Waals surface area contributed by atoms with Crippen molar-refractivity contribution in [2.24, 2.45) is 0 Å². The number of H-pyrrole nitrogens is 1. The molecule has 0 spiro atoms. The number of fused-ring (bicyclic) bond motifs is 1.